The Bertz CT molecular complexity index is 1570. The monoisotopic (exact) mass is 596 g/mol. The van der Waals surface area contributed by atoms with Gasteiger partial charge in [-0.1, -0.05) is 23.3 Å². The molecule has 0 radical (unpaired) electrons. The van der Waals surface area contributed by atoms with E-state index in [0.29, 0.717) is 12.0 Å². The number of benzene rings is 2. The Balaban J connectivity index is 1.56. The standard InChI is InChI=1S/C31H30ClFN2O7/c1-5-34-27(37)17-8-7-16-18(24(17)29(34)39)13-19-28(38)35(15-6-9-21(33)20(32)12-15)30(40)31(19,2)25(16)14-10-22(41-3)26(36)23(11-14)42-4/h6-7,9-12,17-19,24-25,36H,5,8,13H2,1-4H3. The lowest BCUT2D eigenvalue weighted by atomic mass is 9.51. The highest BCUT2D eigenvalue weighted by Crippen LogP contribution is 2.64. The molecule has 1 N–H and O–H groups in total. The number of phenolic OH excluding ortho intramolecular Hbond substituents is 1. The summed E-state index contributed by atoms with van der Waals surface area (Å²) in [6.45, 7) is 3.73. The number of aromatic hydroxyl groups is 1. The molecule has 0 spiro atoms. The van der Waals surface area contributed by atoms with Crippen LogP contribution >= 0.6 is 11.6 Å². The number of nitrogens with zero attached hydrogens (tertiary/aromatic N) is 2. The third-order valence-electron chi connectivity index (χ3n) is 9.68. The van der Waals surface area contributed by atoms with Crippen LogP contribution in [0.25, 0.3) is 0 Å². The van der Waals surface area contributed by atoms with Gasteiger partial charge in [0, 0.05) is 12.5 Å². The first kappa shape index (κ1) is 28.2. The summed E-state index contributed by atoms with van der Waals surface area (Å²) in [6, 6.07) is 6.89. The number of ether oxygens (including phenoxy) is 2. The predicted octanol–water partition coefficient (Wildman–Crippen LogP) is 4.45. The molecule has 11 heteroatoms. The third-order valence-corrected chi connectivity index (χ3v) is 9.97. The maximum Gasteiger partial charge on any atom is 0.241 e. The molecule has 2 aliphatic carbocycles. The number of fused-ring (bicyclic) bond motifs is 4. The van der Waals surface area contributed by atoms with E-state index in [0.717, 1.165) is 16.5 Å². The summed E-state index contributed by atoms with van der Waals surface area (Å²) in [5.74, 6) is -5.46. The first-order valence-electron chi connectivity index (χ1n) is 13.8. The number of amides is 4. The lowest BCUT2D eigenvalue weighted by Crippen LogP contribution is -2.48. The van der Waals surface area contributed by atoms with E-state index in [9.17, 15) is 28.7 Å². The molecule has 2 heterocycles. The number of halogens is 2. The van der Waals surface area contributed by atoms with Crippen LogP contribution in [-0.2, 0) is 19.2 Å². The minimum absolute atomic E-state index is 0.115. The van der Waals surface area contributed by atoms with Gasteiger partial charge in [0.05, 0.1) is 48.1 Å². The number of hydrogen-bond acceptors (Lipinski definition) is 7. The molecule has 6 rings (SSSR count). The molecule has 2 aliphatic heterocycles. The smallest absolute Gasteiger partial charge is 0.241 e. The van der Waals surface area contributed by atoms with E-state index < -0.39 is 52.6 Å². The van der Waals surface area contributed by atoms with Crippen LogP contribution in [0.5, 0.6) is 17.2 Å². The molecule has 9 nitrogen and oxygen atoms in total. The third kappa shape index (κ3) is 3.66. The van der Waals surface area contributed by atoms with Crippen molar-refractivity contribution in [1.29, 1.82) is 0 Å². The molecule has 42 heavy (non-hydrogen) atoms. The molecule has 0 bridgehead atoms. The van der Waals surface area contributed by atoms with Crippen LogP contribution in [0.1, 0.15) is 38.2 Å². The maximum atomic E-state index is 14.4. The number of hydrogen-bond donors (Lipinski definition) is 1. The number of imide groups is 2. The second-order valence-corrected chi connectivity index (χ2v) is 11.9. The molecular formula is C31H30ClFN2O7. The number of carbonyl (C=O) groups is 4. The molecule has 4 aliphatic rings. The Morgan fingerprint density at radius 1 is 1.02 bits per heavy atom. The van der Waals surface area contributed by atoms with Gasteiger partial charge in [-0.25, -0.2) is 9.29 Å². The second kappa shape index (κ2) is 9.83. The van der Waals surface area contributed by atoms with Crippen LogP contribution in [0, 0.1) is 34.9 Å². The zero-order valence-electron chi connectivity index (χ0n) is 23.5. The van der Waals surface area contributed by atoms with Crippen molar-refractivity contribution >= 4 is 40.9 Å². The molecule has 2 aromatic rings. The van der Waals surface area contributed by atoms with Gasteiger partial charge in [-0.3, -0.25) is 24.1 Å². The molecule has 6 unspecified atom stereocenters. The van der Waals surface area contributed by atoms with Gasteiger partial charge in [0.15, 0.2) is 11.5 Å². The zero-order valence-corrected chi connectivity index (χ0v) is 24.3. The van der Waals surface area contributed by atoms with Gasteiger partial charge < -0.3 is 14.6 Å². The van der Waals surface area contributed by atoms with Crippen molar-refractivity contribution < 1.29 is 38.1 Å². The summed E-state index contributed by atoms with van der Waals surface area (Å²) in [7, 11) is 2.78. The summed E-state index contributed by atoms with van der Waals surface area (Å²) < 4.78 is 24.9. The Morgan fingerprint density at radius 3 is 2.29 bits per heavy atom. The average Bonchev–Trinajstić information content (AvgIpc) is 3.33. The SMILES string of the molecule is CCN1C(=O)C2CC=C3C(CC4C(=O)N(c5ccc(F)c(Cl)c5)C(=O)C4(C)C3c3cc(OC)c(O)c(OC)c3)C2C1=O. The van der Waals surface area contributed by atoms with E-state index in [1.165, 1.54) is 31.3 Å². The van der Waals surface area contributed by atoms with E-state index in [2.05, 4.69) is 0 Å². The fraction of sp³-hybridized carbons (Fsp3) is 0.419. The van der Waals surface area contributed by atoms with Crippen LogP contribution in [0.3, 0.4) is 0 Å². The highest BCUT2D eigenvalue weighted by Gasteiger charge is 2.67. The highest BCUT2D eigenvalue weighted by atomic mass is 35.5. The molecule has 4 amide bonds. The van der Waals surface area contributed by atoms with Crippen molar-refractivity contribution in [2.24, 2.45) is 29.1 Å². The van der Waals surface area contributed by atoms with Crippen molar-refractivity contribution in [1.82, 2.24) is 4.90 Å². The van der Waals surface area contributed by atoms with Crippen molar-refractivity contribution in [3.8, 4) is 17.2 Å². The number of rotatable bonds is 5. The topological polar surface area (TPSA) is 113 Å². The van der Waals surface area contributed by atoms with Gasteiger partial charge in [0.2, 0.25) is 29.4 Å². The summed E-state index contributed by atoms with van der Waals surface area (Å²) in [5, 5.41) is 10.4. The van der Waals surface area contributed by atoms with Crippen molar-refractivity contribution in [2.45, 2.75) is 32.6 Å². The number of phenols is 1. The number of likely N-dealkylation sites (tertiary alicyclic amines) is 1. The fourth-order valence-corrected chi connectivity index (χ4v) is 7.90. The summed E-state index contributed by atoms with van der Waals surface area (Å²) in [5.41, 5.74) is 0.137. The molecule has 220 valence electrons. The van der Waals surface area contributed by atoms with E-state index >= 15 is 0 Å². The van der Waals surface area contributed by atoms with Crippen LogP contribution in [0.15, 0.2) is 42.0 Å². The van der Waals surface area contributed by atoms with Gasteiger partial charge >= 0.3 is 0 Å². The van der Waals surface area contributed by atoms with E-state index in [4.69, 9.17) is 21.1 Å². The van der Waals surface area contributed by atoms with Crippen molar-refractivity contribution in [2.75, 3.05) is 25.7 Å². The number of carbonyl (C=O) groups excluding carboxylic acids is 4. The van der Waals surface area contributed by atoms with Gasteiger partial charge in [-0.15, -0.1) is 0 Å². The summed E-state index contributed by atoms with van der Waals surface area (Å²) in [6.07, 6.45) is 2.43. The maximum absolute atomic E-state index is 14.4. The number of anilines is 1. The fourth-order valence-electron chi connectivity index (χ4n) is 7.72. The van der Waals surface area contributed by atoms with E-state index in [1.807, 2.05) is 6.08 Å². The van der Waals surface area contributed by atoms with Crippen molar-refractivity contribution in [3.05, 3.63) is 58.4 Å². The van der Waals surface area contributed by atoms with Gasteiger partial charge in [-0.05, 0) is 68.5 Å². The highest BCUT2D eigenvalue weighted by molar-refractivity contribution is 6.31. The average molecular weight is 597 g/mol. The largest absolute Gasteiger partial charge is 0.502 e. The normalized spacial score (nSPS) is 30.2. The predicted molar refractivity (Wildman–Crippen MR) is 150 cm³/mol. The molecular weight excluding hydrogens is 567 g/mol. The van der Waals surface area contributed by atoms with Crippen LogP contribution in [0.2, 0.25) is 5.02 Å². The Morgan fingerprint density at radius 2 is 1.69 bits per heavy atom. The molecule has 6 atom stereocenters. The summed E-state index contributed by atoms with van der Waals surface area (Å²) in [4.78, 5) is 57.7. The van der Waals surface area contributed by atoms with Crippen LogP contribution in [0.4, 0.5) is 10.1 Å². The summed E-state index contributed by atoms with van der Waals surface area (Å²) >= 11 is 6.04. The van der Waals surface area contributed by atoms with Crippen LogP contribution < -0.4 is 14.4 Å². The molecule has 0 aromatic heterocycles. The van der Waals surface area contributed by atoms with Crippen molar-refractivity contribution in [3.63, 3.8) is 0 Å². The second-order valence-electron chi connectivity index (χ2n) is 11.5. The lowest BCUT2D eigenvalue weighted by molar-refractivity contribution is -0.140. The van der Waals surface area contributed by atoms with Gasteiger partial charge in [-0.2, -0.15) is 0 Å². The quantitative estimate of drug-likeness (QED) is 0.401. The minimum atomic E-state index is -1.34. The molecule has 1 saturated carbocycles. The molecule has 2 aromatic carbocycles. The van der Waals surface area contributed by atoms with Gasteiger partial charge in [0.1, 0.15) is 5.82 Å². The lowest BCUT2D eigenvalue weighted by Gasteiger charge is -2.49. The molecule has 3 fully saturated rings. The first-order valence-corrected chi connectivity index (χ1v) is 14.2. The Kier molecular flexibility index (Phi) is 6.60. The van der Waals surface area contributed by atoms with Crippen LogP contribution in [-0.4, -0.2) is 54.4 Å². The van der Waals surface area contributed by atoms with Gasteiger partial charge in [0.25, 0.3) is 0 Å². The zero-order chi connectivity index (χ0) is 30.2. The minimum Gasteiger partial charge on any atom is -0.502 e. The first-order chi connectivity index (χ1) is 20.0. The molecule has 2 saturated heterocycles. The van der Waals surface area contributed by atoms with E-state index in [1.54, 1.807) is 26.0 Å². The number of allylic oxidation sites excluding steroid dienone is 2. The van der Waals surface area contributed by atoms with E-state index in [-0.39, 0.29) is 52.7 Å². The Labute approximate surface area is 246 Å². The number of methoxy groups -OCH3 is 2. The Hall–Kier alpha value is -3.92.